The van der Waals surface area contributed by atoms with Gasteiger partial charge in [-0.25, -0.2) is 13.1 Å². The molecule has 2 N–H and O–H groups in total. The molecule has 10 heteroatoms. The SMILES string of the molecule is CCNS(=O)(=O)c1ccc(CCC(=O)N(Cc2ccc(OC)cc2)[C@@H](C)C(=O)NCc2ccccn2)cc1. The maximum absolute atomic E-state index is 13.4. The number of ether oxygens (including phenoxy) is 1. The lowest BCUT2D eigenvalue weighted by Gasteiger charge is -2.29. The Bertz CT molecular complexity index is 1300. The number of nitrogens with one attached hydrogen (secondary N) is 2. The number of rotatable bonds is 13. The van der Waals surface area contributed by atoms with Crippen molar-refractivity contribution in [2.75, 3.05) is 13.7 Å². The number of amides is 2. The molecule has 0 saturated carbocycles. The molecule has 0 unspecified atom stereocenters. The molecule has 0 fully saturated rings. The van der Waals surface area contributed by atoms with E-state index < -0.39 is 16.1 Å². The molecule has 9 nitrogen and oxygen atoms in total. The van der Waals surface area contributed by atoms with Crippen molar-refractivity contribution >= 4 is 21.8 Å². The molecule has 0 spiro atoms. The molecule has 0 aliphatic carbocycles. The minimum atomic E-state index is -3.54. The van der Waals surface area contributed by atoms with E-state index in [0.29, 0.717) is 18.7 Å². The fraction of sp³-hybridized carbons (Fsp3) is 0.321. The Kier molecular flexibility index (Phi) is 10.4. The van der Waals surface area contributed by atoms with E-state index in [4.69, 9.17) is 4.74 Å². The van der Waals surface area contributed by atoms with Crippen LogP contribution in [-0.2, 0) is 39.1 Å². The van der Waals surface area contributed by atoms with Gasteiger partial charge in [0.05, 0.1) is 24.2 Å². The minimum absolute atomic E-state index is 0.160. The Morgan fingerprint density at radius 3 is 2.29 bits per heavy atom. The molecule has 38 heavy (non-hydrogen) atoms. The molecule has 1 heterocycles. The molecule has 0 aliphatic rings. The van der Waals surface area contributed by atoms with E-state index in [9.17, 15) is 18.0 Å². The normalized spacial score (nSPS) is 12.0. The second kappa shape index (κ2) is 13.7. The quantitative estimate of drug-likeness (QED) is 0.345. The summed E-state index contributed by atoms with van der Waals surface area (Å²) in [6, 6.07) is 18.6. The topological polar surface area (TPSA) is 118 Å². The van der Waals surface area contributed by atoms with Crippen LogP contribution < -0.4 is 14.8 Å². The molecule has 0 aliphatic heterocycles. The monoisotopic (exact) mass is 538 g/mol. The minimum Gasteiger partial charge on any atom is -0.497 e. The van der Waals surface area contributed by atoms with Crippen molar-refractivity contribution in [1.29, 1.82) is 0 Å². The van der Waals surface area contributed by atoms with Gasteiger partial charge in [-0.1, -0.05) is 37.3 Å². The summed E-state index contributed by atoms with van der Waals surface area (Å²) in [6.07, 6.45) is 2.22. The second-order valence-corrected chi connectivity index (χ2v) is 10.5. The van der Waals surface area contributed by atoms with Gasteiger partial charge in [-0.05, 0) is 60.9 Å². The first-order valence-corrected chi connectivity index (χ1v) is 13.9. The summed E-state index contributed by atoms with van der Waals surface area (Å²) in [6.45, 7) is 4.23. The summed E-state index contributed by atoms with van der Waals surface area (Å²) in [7, 11) is -1.96. The molecule has 202 valence electrons. The van der Waals surface area contributed by atoms with Crippen molar-refractivity contribution in [2.45, 2.75) is 50.7 Å². The number of carbonyl (C=O) groups is 2. The average Bonchev–Trinajstić information content (AvgIpc) is 2.94. The summed E-state index contributed by atoms with van der Waals surface area (Å²) in [5.74, 6) is 0.230. The highest BCUT2D eigenvalue weighted by molar-refractivity contribution is 7.89. The van der Waals surface area contributed by atoms with Gasteiger partial charge < -0.3 is 15.0 Å². The van der Waals surface area contributed by atoms with E-state index in [-0.39, 0.29) is 36.2 Å². The first-order valence-electron chi connectivity index (χ1n) is 12.4. The number of carbonyl (C=O) groups excluding carboxylic acids is 2. The highest BCUT2D eigenvalue weighted by Crippen LogP contribution is 2.17. The third-order valence-electron chi connectivity index (χ3n) is 6.04. The zero-order chi connectivity index (χ0) is 27.5. The Labute approximate surface area is 224 Å². The molecule has 1 aromatic heterocycles. The van der Waals surface area contributed by atoms with Gasteiger partial charge >= 0.3 is 0 Å². The Hall–Kier alpha value is -3.76. The highest BCUT2D eigenvalue weighted by atomic mass is 32.2. The lowest BCUT2D eigenvalue weighted by Crippen LogP contribution is -2.47. The van der Waals surface area contributed by atoms with Gasteiger partial charge in [0.25, 0.3) is 0 Å². The Morgan fingerprint density at radius 2 is 1.68 bits per heavy atom. The lowest BCUT2D eigenvalue weighted by atomic mass is 10.1. The van der Waals surface area contributed by atoms with Gasteiger partial charge in [0.2, 0.25) is 21.8 Å². The number of benzene rings is 2. The van der Waals surface area contributed by atoms with Crippen molar-refractivity contribution < 1.29 is 22.7 Å². The van der Waals surface area contributed by atoms with Crippen molar-refractivity contribution in [1.82, 2.24) is 19.9 Å². The molecular formula is C28H34N4O5S. The highest BCUT2D eigenvalue weighted by Gasteiger charge is 2.26. The third kappa shape index (κ3) is 8.12. The van der Waals surface area contributed by atoms with Crippen molar-refractivity contribution in [2.24, 2.45) is 0 Å². The van der Waals surface area contributed by atoms with Crippen LogP contribution in [0.1, 0.15) is 37.1 Å². The van der Waals surface area contributed by atoms with Crippen LogP contribution in [0.15, 0.2) is 77.8 Å². The van der Waals surface area contributed by atoms with Gasteiger partial charge in [-0.2, -0.15) is 0 Å². The number of aryl methyl sites for hydroxylation is 1. The van der Waals surface area contributed by atoms with Gasteiger partial charge in [-0.15, -0.1) is 0 Å². The van der Waals surface area contributed by atoms with Crippen LogP contribution in [0.5, 0.6) is 5.75 Å². The van der Waals surface area contributed by atoms with Crippen molar-refractivity contribution in [3.05, 3.63) is 89.7 Å². The smallest absolute Gasteiger partial charge is 0.242 e. The third-order valence-corrected chi connectivity index (χ3v) is 7.61. The number of hydrogen-bond donors (Lipinski definition) is 2. The van der Waals surface area contributed by atoms with Gasteiger partial charge in [0.1, 0.15) is 11.8 Å². The van der Waals surface area contributed by atoms with Gasteiger partial charge in [-0.3, -0.25) is 14.6 Å². The molecule has 2 aromatic carbocycles. The standard InChI is InChI=1S/C28H34N4O5S/c1-4-31-38(35,36)26-15-10-22(11-16-26)12-17-27(33)32(20-23-8-13-25(37-3)14-9-23)21(2)28(34)30-19-24-7-5-6-18-29-24/h5-11,13-16,18,21,31H,4,12,17,19-20H2,1-3H3,(H,30,34)/t21-/m0/s1. The van der Waals surface area contributed by atoms with Crippen LogP contribution in [-0.4, -0.2) is 49.8 Å². The van der Waals surface area contributed by atoms with Crippen LogP contribution in [0, 0.1) is 0 Å². The number of sulfonamides is 1. The molecular weight excluding hydrogens is 504 g/mol. The molecule has 1 atom stereocenters. The molecule has 3 aromatic rings. The van der Waals surface area contributed by atoms with Crippen LogP contribution >= 0.6 is 0 Å². The summed E-state index contributed by atoms with van der Waals surface area (Å²) in [5.41, 5.74) is 2.41. The molecule has 3 rings (SSSR count). The predicted octanol–water partition coefficient (Wildman–Crippen LogP) is 3.05. The second-order valence-electron chi connectivity index (χ2n) is 8.73. The number of hydrogen-bond acceptors (Lipinski definition) is 6. The molecule has 0 bridgehead atoms. The first kappa shape index (κ1) is 28.8. The predicted molar refractivity (Wildman–Crippen MR) is 145 cm³/mol. The Balaban J connectivity index is 1.70. The van der Waals surface area contributed by atoms with Gasteiger partial charge in [0.15, 0.2) is 0 Å². The average molecular weight is 539 g/mol. The number of methoxy groups -OCH3 is 1. The molecule has 2 amide bonds. The fourth-order valence-corrected chi connectivity index (χ4v) is 4.88. The first-order chi connectivity index (χ1) is 18.2. The summed E-state index contributed by atoms with van der Waals surface area (Å²) < 4.78 is 32.0. The number of pyridine rings is 1. The lowest BCUT2D eigenvalue weighted by molar-refractivity contribution is -0.140. The van der Waals surface area contributed by atoms with Crippen LogP contribution in [0.4, 0.5) is 0 Å². The van der Waals surface area contributed by atoms with E-state index in [0.717, 1.165) is 16.8 Å². The van der Waals surface area contributed by atoms with Crippen LogP contribution in [0.25, 0.3) is 0 Å². The fourth-order valence-electron chi connectivity index (χ4n) is 3.84. The maximum atomic E-state index is 13.4. The summed E-state index contributed by atoms with van der Waals surface area (Å²) >= 11 is 0. The van der Waals surface area contributed by atoms with E-state index in [1.807, 2.05) is 36.4 Å². The zero-order valence-corrected chi connectivity index (χ0v) is 22.7. The van der Waals surface area contributed by atoms with Crippen LogP contribution in [0.2, 0.25) is 0 Å². The molecule has 0 radical (unpaired) electrons. The maximum Gasteiger partial charge on any atom is 0.242 e. The van der Waals surface area contributed by atoms with Gasteiger partial charge in [0, 0.05) is 25.7 Å². The van der Waals surface area contributed by atoms with Crippen LogP contribution in [0.3, 0.4) is 0 Å². The zero-order valence-electron chi connectivity index (χ0n) is 21.9. The summed E-state index contributed by atoms with van der Waals surface area (Å²) in [4.78, 5) is 32.3. The van der Waals surface area contributed by atoms with E-state index in [2.05, 4.69) is 15.0 Å². The van der Waals surface area contributed by atoms with E-state index in [1.54, 1.807) is 50.3 Å². The van der Waals surface area contributed by atoms with E-state index in [1.165, 1.54) is 12.1 Å². The number of nitrogens with zero attached hydrogens (tertiary/aromatic N) is 2. The largest absolute Gasteiger partial charge is 0.497 e. The van der Waals surface area contributed by atoms with Crippen molar-refractivity contribution in [3.8, 4) is 5.75 Å². The Morgan fingerprint density at radius 1 is 1.00 bits per heavy atom. The van der Waals surface area contributed by atoms with Crippen molar-refractivity contribution in [3.63, 3.8) is 0 Å². The van der Waals surface area contributed by atoms with E-state index >= 15 is 0 Å². The molecule has 0 saturated heterocycles. The summed E-state index contributed by atoms with van der Waals surface area (Å²) in [5, 5.41) is 2.86. The number of aromatic nitrogens is 1.